The van der Waals surface area contributed by atoms with Crippen molar-refractivity contribution in [3.05, 3.63) is 28.4 Å². The summed E-state index contributed by atoms with van der Waals surface area (Å²) in [5.41, 5.74) is 14.7. The van der Waals surface area contributed by atoms with Gasteiger partial charge >= 0.3 is 0 Å². The van der Waals surface area contributed by atoms with E-state index in [2.05, 4.69) is 73.1 Å². The van der Waals surface area contributed by atoms with Gasteiger partial charge in [-0.15, -0.1) is 0 Å². The Morgan fingerprint density at radius 1 is 0.902 bits per heavy atom. The lowest BCUT2D eigenvalue weighted by Gasteiger charge is -2.40. The zero-order chi connectivity index (χ0) is 31.1. The first-order valence-electron chi connectivity index (χ1n) is 12.0. The third-order valence-corrected chi connectivity index (χ3v) is 9.92. The van der Waals surface area contributed by atoms with Crippen LogP contribution in [0.2, 0.25) is 0 Å². The van der Waals surface area contributed by atoms with Gasteiger partial charge in [0.05, 0.1) is 27.1 Å². The number of rotatable bonds is 6. The second-order valence-electron chi connectivity index (χ2n) is 9.43. The molecule has 1 aliphatic rings. The first-order chi connectivity index (χ1) is 19.0. The maximum atomic E-state index is 13.2. The summed E-state index contributed by atoms with van der Waals surface area (Å²) in [6, 6.07) is 1.60. The van der Waals surface area contributed by atoms with Crippen molar-refractivity contribution in [2.75, 3.05) is 42.0 Å². The van der Waals surface area contributed by atoms with E-state index in [1.165, 1.54) is 35.8 Å². The van der Waals surface area contributed by atoms with Crippen LogP contribution in [0.15, 0.2) is 12.1 Å². The smallest absolute Gasteiger partial charge is 0.255 e. The van der Waals surface area contributed by atoms with Gasteiger partial charge in [-0.2, -0.15) is 0 Å². The van der Waals surface area contributed by atoms with E-state index < -0.39 is 43.2 Å². The third-order valence-electron chi connectivity index (χ3n) is 6.80. The minimum atomic E-state index is -1.72. The van der Waals surface area contributed by atoms with Crippen LogP contribution in [-0.4, -0.2) is 89.5 Å². The molecule has 0 radical (unpaired) electrons. The molecule has 0 bridgehead atoms. The highest BCUT2D eigenvalue weighted by atomic mass is 127. The minimum absolute atomic E-state index is 0.0277. The molecule has 2 aromatic rings. The van der Waals surface area contributed by atoms with Crippen molar-refractivity contribution in [2.45, 2.75) is 44.5 Å². The molecule has 3 amide bonds. The fourth-order valence-electron chi connectivity index (χ4n) is 4.37. The maximum absolute atomic E-state index is 13.2. The number of aliphatic hydroxyl groups excluding tert-OH is 4. The van der Waals surface area contributed by atoms with Gasteiger partial charge in [0.25, 0.3) is 5.91 Å². The lowest BCUT2D eigenvalue weighted by Crippen LogP contribution is -2.64. The first-order valence-corrected chi connectivity index (χ1v) is 15.3. The van der Waals surface area contributed by atoms with Crippen LogP contribution in [0.25, 0.3) is 11.1 Å². The van der Waals surface area contributed by atoms with Gasteiger partial charge in [0.2, 0.25) is 11.8 Å². The van der Waals surface area contributed by atoms with Crippen molar-refractivity contribution >= 4 is 108 Å². The second kappa shape index (κ2) is 13.4. The molecular weight excluding hydrogens is 879 g/mol. The van der Waals surface area contributed by atoms with E-state index in [0.717, 1.165) is 0 Å². The largest absolute Gasteiger partial charge is 0.398 e. The quantitative estimate of drug-likeness (QED) is 0.160. The monoisotopic (exact) mass is 909 g/mol. The molecule has 0 aliphatic carbocycles. The summed E-state index contributed by atoms with van der Waals surface area (Å²) in [6.07, 6.45) is -6.18. The van der Waals surface area contributed by atoms with E-state index in [1.807, 2.05) is 0 Å². The summed E-state index contributed by atoms with van der Waals surface area (Å²) in [5, 5.41) is 42.5. The van der Waals surface area contributed by atoms with Crippen molar-refractivity contribution in [3.63, 3.8) is 0 Å². The number of anilines is 4. The number of ether oxygens (including phenoxy) is 1. The Morgan fingerprint density at radius 2 is 1.37 bits per heavy atom. The highest BCUT2D eigenvalue weighted by Gasteiger charge is 2.44. The summed E-state index contributed by atoms with van der Waals surface area (Å²) >= 11 is 6.34. The van der Waals surface area contributed by atoms with Crippen LogP contribution in [0.1, 0.15) is 24.2 Å². The Balaban J connectivity index is 2.13. The molecule has 2 aromatic carbocycles. The molecule has 13 nitrogen and oxygen atoms in total. The number of nitrogen functional groups attached to an aromatic ring is 2. The highest BCUT2D eigenvalue weighted by Crippen LogP contribution is 2.46. The number of aliphatic hydroxyl groups is 4. The Morgan fingerprint density at radius 3 is 1.78 bits per heavy atom. The second-order valence-corrected chi connectivity index (χ2v) is 12.7. The Kier molecular flexibility index (Phi) is 11.1. The van der Waals surface area contributed by atoms with Crippen LogP contribution in [0, 0.1) is 10.7 Å². The third kappa shape index (κ3) is 6.53. The first kappa shape index (κ1) is 33.9. The van der Waals surface area contributed by atoms with Crippen molar-refractivity contribution in [1.82, 2.24) is 5.32 Å². The van der Waals surface area contributed by atoms with Gasteiger partial charge in [0.1, 0.15) is 24.4 Å². The number of halogens is 3. The van der Waals surface area contributed by atoms with Gasteiger partial charge in [-0.3, -0.25) is 14.4 Å². The minimum Gasteiger partial charge on any atom is -0.398 e. The average molecular weight is 909 g/mol. The van der Waals surface area contributed by atoms with Crippen LogP contribution in [0.5, 0.6) is 0 Å². The van der Waals surface area contributed by atoms with Gasteiger partial charge in [-0.05, 0) is 85.5 Å². The molecule has 0 unspecified atom stereocenters. The fraction of sp³-hybridized carbons (Fsp3) is 0.400. The zero-order valence-electron chi connectivity index (χ0n) is 22.4. The van der Waals surface area contributed by atoms with E-state index in [-0.39, 0.29) is 28.8 Å². The predicted molar refractivity (Wildman–Crippen MR) is 178 cm³/mol. The highest BCUT2D eigenvalue weighted by molar-refractivity contribution is 14.1. The summed E-state index contributed by atoms with van der Waals surface area (Å²) in [4.78, 5) is 40.9. The van der Waals surface area contributed by atoms with Crippen molar-refractivity contribution in [1.29, 1.82) is 0 Å². The van der Waals surface area contributed by atoms with Gasteiger partial charge < -0.3 is 51.7 Å². The van der Waals surface area contributed by atoms with Gasteiger partial charge in [-0.25, -0.2) is 0 Å². The van der Waals surface area contributed by atoms with Gasteiger partial charge in [0.15, 0.2) is 6.29 Å². The number of hydrogen-bond acceptors (Lipinski definition) is 10. The van der Waals surface area contributed by atoms with E-state index in [1.54, 1.807) is 14.1 Å². The SMILES string of the molecule is CC(=O)N(C)c1c(I)c(-c2cc(N)c(C(=O)N[C@@H]3[C@@H](O)[C@H](O)[C@@H](CO)O[C@H]3O)c(N)c2)c(I)c(N(C)C(C)=O)c1I. The molecule has 1 aliphatic heterocycles. The van der Waals surface area contributed by atoms with Crippen LogP contribution < -0.4 is 26.6 Å². The van der Waals surface area contributed by atoms with E-state index >= 15 is 0 Å². The molecule has 9 N–H and O–H groups in total. The standard InChI is InChI=1S/C25H30I3N5O8/c1-8(35)32(3)20-16(26)14(17(27)21(18(20)28)33(4)9(2)36)10-5-11(29)15(12(30)6-10)24(39)31-19-23(38)22(37)13(7-34)41-25(19)40/h5-6,13,19,22-23,25,34,37-38,40H,7,29-30H2,1-4H3,(H,31,39)/t13-,19-,22-,23-,25-/m1/s1. The van der Waals surface area contributed by atoms with Crippen LogP contribution in [0.4, 0.5) is 22.7 Å². The Bertz CT molecular complexity index is 1320. The zero-order valence-corrected chi connectivity index (χ0v) is 28.8. The number of nitrogens with two attached hydrogens (primary N) is 2. The molecular formula is C25H30I3N5O8. The molecule has 1 saturated heterocycles. The summed E-state index contributed by atoms with van der Waals surface area (Å²) in [7, 11) is 3.26. The maximum Gasteiger partial charge on any atom is 0.255 e. The van der Waals surface area contributed by atoms with Gasteiger partial charge in [-0.1, -0.05) is 0 Å². The van der Waals surface area contributed by atoms with Crippen molar-refractivity contribution < 1.29 is 39.5 Å². The number of nitrogens with one attached hydrogen (secondary N) is 1. The fourth-order valence-corrected chi connectivity index (χ4v) is 9.60. The van der Waals surface area contributed by atoms with E-state index in [4.69, 9.17) is 16.2 Å². The number of hydrogen-bond donors (Lipinski definition) is 7. The van der Waals surface area contributed by atoms with Gasteiger partial charge in [0, 0.05) is 52.0 Å². The molecule has 224 valence electrons. The van der Waals surface area contributed by atoms with Crippen molar-refractivity contribution in [2.24, 2.45) is 0 Å². The molecule has 0 spiro atoms. The molecule has 0 saturated carbocycles. The average Bonchev–Trinajstić information content (AvgIpc) is 2.87. The molecule has 1 fully saturated rings. The number of nitrogens with zero attached hydrogens (tertiary/aromatic N) is 2. The lowest BCUT2D eigenvalue weighted by molar-refractivity contribution is -0.252. The lowest BCUT2D eigenvalue weighted by atomic mass is 9.95. The van der Waals surface area contributed by atoms with E-state index in [9.17, 15) is 34.8 Å². The topological polar surface area (TPSA) is 212 Å². The molecule has 5 atom stereocenters. The number of benzene rings is 2. The number of amides is 3. The summed E-state index contributed by atoms with van der Waals surface area (Å²) in [5.74, 6) is -1.28. The normalized spacial score (nSPS) is 22.3. The Labute approximate surface area is 277 Å². The molecule has 3 rings (SSSR count). The summed E-state index contributed by atoms with van der Waals surface area (Å²) in [6.45, 7) is 2.20. The molecule has 0 aromatic heterocycles. The number of carbonyl (C=O) groups excluding carboxylic acids is 3. The van der Waals surface area contributed by atoms with Crippen molar-refractivity contribution in [3.8, 4) is 11.1 Å². The Hall–Kier alpha value is -1.56. The predicted octanol–water partition coefficient (Wildman–Crippen LogP) is 0.827. The molecule has 16 heteroatoms. The molecule has 41 heavy (non-hydrogen) atoms. The van der Waals surface area contributed by atoms with E-state index in [0.29, 0.717) is 33.2 Å². The van der Waals surface area contributed by atoms with Crippen LogP contribution in [-0.2, 0) is 14.3 Å². The van der Waals surface area contributed by atoms with Crippen LogP contribution in [0.3, 0.4) is 0 Å². The summed E-state index contributed by atoms with van der Waals surface area (Å²) < 4.78 is 7.15. The number of carbonyl (C=O) groups is 3. The van der Waals surface area contributed by atoms with Crippen LogP contribution >= 0.6 is 67.8 Å². The molecule has 1 heterocycles.